The van der Waals surface area contributed by atoms with E-state index >= 15 is 0 Å². The van der Waals surface area contributed by atoms with E-state index in [4.69, 9.17) is 10.5 Å². The molecule has 0 amide bonds. The molecule has 0 fully saturated rings. The van der Waals surface area contributed by atoms with Crippen molar-refractivity contribution in [2.45, 2.75) is 17.9 Å². The van der Waals surface area contributed by atoms with Crippen molar-refractivity contribution in [3.8, 4) is 5.75 Å². The molecule has 21 heavy (non-hydrogen) atoms. The summed E-state index contributed by atoms with van der Waals surface area (Å²) in [5, 5.41) is 3.61. The molecule has 8 nitrogen and oxygen atoms in total. The molecular formula is C12H16N4O4S. The van der Waals surface area contributed by atoms with E-state index in [0.29, 0.717) is 18.8 Å². The van der Waals surface area contributed by atoms with Gasteiger partial charge in [-0.3, -0.25) is 0 Å². The Morgan fingerprint density at radius 3 is 2.86 bits per heavy atom. The van der Waals surface area contributed by atoms with Gasteiger partial charge < -0.3 is 15.0 Å². The van der Waals surface area contributed by atoms with Crippen LogP contribution >= 0.6 is 0 Å². The summed E-state index contributed by atoms with van der Waals surface area (Å²) in [4.78, 5) is 3.88. The van der Waals surface area contributed by atoms with Crippen LogP contribution in [0.25, 0.3) is 0 Å². The molecule has 0 atom stereocenters. The first-order chi connectivity index (χ1) is 10.1. The zero-order valence-electron chi connectivity index (χ0n) is 11.4. The predicted molar refractivity (Wildman–Crippen MR) is 74.1 cm³/mol. The number of hydrogen-bond donors (Lipinski definition) is 2. The van der Waals surface area contributed by atoms with Gasteiger partial charge in [0.15, 0.2) is 5.82 Å². The molecule has 9 heteroatoms. The van der Waals surface area contributed by atoms with Crippen molar-refractivity contribution >= 4 is 10.0 Å². The Morgan fingerprint density at radius 2 is 2.24 bits per heavy atom. The average molecular weight is 312 g/mol. The standard InChI is InChI=1S/C12H16N4O4S/c1-19-10-6-9(7-13)2-3-11(10)21(17,18)15-5-4-12-14-8-20-16-12/h2-3,6,8,15H,4-5,7,13H2,1H3. The van der Waals surface area contributed by atoms with E-state index in [2.05, 4.69) is 19.4 Å². The van der Waals surface area contributed by atoms with Crippen LogP contribution in [-0.4, -0.2) is 32.2 Å². The molecule has 0 saturated carbocycles. The summed E-state index contributed by atoms with van der Waals surface area (Å²) in [6.07, 6.45) is 1.53. The lowest BCUT2D eigenvalue weighted by atomic mass is 10.2. The summed E-state index contributed by atoms with van der Waals surface area (Å²) in [6.45, 7) is 0.464. The third-order valence-electron chi connectivity index (χ3n) is 2.80. The Labute approximate surface area is 122 Å². The van der Waals surface area contributed by atoms with Crippen molar-refractivity contribution in [1.82, 2.24) is 14.9 Å². The number of nitrogens with two attached hydrogens (primary N) is 1. The van der Waals surface area contributed by atoms with Crippen molar-refractivity contribution in [1.29, 1.82) is 0 Å². The quantitative estimate of drug-likeness (QED) is 0.741. The number of benzene rings is 1. The smallest absolute Gasteiger partial charge is 0.244 e. The highest BCUT2D eigenvalue weighted by molar-refractivity contribution is 7.89. The summed E-state index contributed by atoms with van der Waals surface area (Å²) in [5.74, 6) is 0.688. The van der Waals surface area contributed by atoms with Gasteiger partial charge in [-0.25, -0.2) is 13.1 Å². The molecule has 0 aliphatic rings. The van der Waals surface area contributed by atoms with Gasteiger partial charge in [0, 0.05) is 19.5 Å². The van der Waals surface area contributed by atoms with Gasteiger partial charge in [-0.05, 0) is 17.7 Å². The number of ether oxygens (including phenoxy) is 1. The Morgan fingerprint density at radius 1 is 1.43 bits per heavy atom. The van der Waals surface area contributed by atoms with Crippen molar-refractivity contribution < 1.29 is 17.7 Å². The summed E-state index contributed by atoms with van der Waals surface area (Å²) in [6, 6.07) is 4.72. The van der Waals surface area contributed by atoms with E-state index < -0.39 is 10.0 Å². The number of aromatic nitrogens is 2. The Hall–Kier alpha value is -1.97. The number of hydrogen-bond acceptors (Lipinski definition) is 7. The van der Waals surface area contributed by atoms with Crippen LogP contribution in [0.2, 0.25) is 0 Å². The maximum Gasteiger partial charge on any atom is 0.244 e. The van der Waals surface area contributed by atoms with E-state index in [1.54, 1.807) is 12.1 Å². The first-order valence-electron chi connectivity index (χ1n) is 6.18. The summed E-state index contributed by atoms with van der Waals surface area (Å²) in [5.41, 5.74) is 6.31. The number of nitrogens with zero attached hydrogens (tertiary/aromatic N) is 2. The summed E-state index contributed by atoms with van der Waals surface area (Å²) < 4.78 is 36.7. The second-order valence-electron chi connectivity index (χ2n) is 4.18. The molecular weight excluding hydrogens is 296 g/mol. The SMILES string of the molecule is COc1cc(CN)ccc1S(=O)(=O)NCCc1ncon1. The normalized spacial score (nSPS) is 11.5. The molecule has 1 aromatic heterocycles. The molecule has 1 aromatic carbocycles. The third kappa shape index (κ3) is 3.78. The highest BCUT2D eigenvalue weighted by Gasteiger charge is 2.19. The van der Waals surface area contributed by atoms with Crippen LogP contribution in [0.1, 0.15) is 11.4 Å². The minimum atomic E-state index is -3.68. The minimum absolute atomic E-state index is 0.0651. The molecule has 0 spiro atoms. The lowest BCUT2D eigenvalue weighted by molar-refractivity contribution is 0.401. The first-order valence-corrected chi connectivity index (χ1v) is 7.67. The van der Waals surface area contributed by atoms with Crippen molar-refractivity contribution in [3.63, 3.8) is 0 Å². The first kappa shape index (κ1) is 15.4. The second-order valence-corrected chi connectivity index (χ2v) is 5.92. The predicted octanol–water partition coefficient (Wildman–Crippen LogP) is 0.0579. The zero-order valence-corrected chi connectivity index (χ0v) is 12.3. The number of nitrogens with one attached hydrogen (secondary N) is 1. The highest BCUT2D eigenvalue weighted by atomic mass is 32.2. The van der Waals surface area contributed by atoms with Crippen LogP contribution in [0.15, 0.2) is 34.0 Å². The van der Waals surface area contributed by atoms with Gasteiger partial charge in [-0.15, -0.1) is 0 Å². The largest absolute Gasteiger partial charge is 0.495 e. The molecule has 0 bridgehead atoms. The van der Waals surface area contributed by atoms with Gasteiger partial charge in [0.1, 0.15) is 10.6 Å². The van der Waals surface area contributed by atoms with Gasteiger partial charge in [-0.1, -0.05) is 11.2 Å². The molecule has 0 saturated heterocycles. The molecule has 0 unspecified atom stereocenters. The van der Waals surface area contributed by atoms with Crippen molar-refractivity contribution in [3.05, 3.63) is 36.0 Å². The van der Waals surface area contributed by atoms with Gasteiger partial charge in [-0.2, -0.15) is 4.98 Å². The molecule has 2 rings (SSSR count). The fourth-order valence-electron chi connectivity index (χ4n) is 1.74. The van der Waals surface area contributed by atoms with Gasteiger partial charge in [0.05, 0.1) is 7.11 Å². The average Bonchev–Trinajstić information content (AvgIpc) is 2.99. The van der Waals surface area contributed by atoms with Crippen LogP contribution in [0, 0.1) is 0 Å². The Balaban J connectivity index is 2.11. The second kappa shape index (κ2) is 6.66. The van der Waals surface area contributed by atoms with Crippen molar-refractivity contribution in [2.24, 2.45) is 5.73 Å². The molecule has 0 aliphatic heterocycles. The minimum Gasteiger partial charge on any atom is -0.495 e. The molecule has 1 heterocycles. The Kier molecular flexibility index (Phi) is 4.89. The molecule has 0 aliphatic carbocycles. The van der Waals surface area contributed by atoms with Crippen LogP contribution in [0.3, 0.4) is 0 Å². The van der Waals surface area contributed by atoms with Gasteiger partial charge in [0.2, 0.25) is 16.4 Å². The van der Waals surface area contributed by atoms with E-state index in [9.17, 15) is 8.42 Å². The number of rotatable bonds is 7. The molecule has 3 N–H and O–H groups in total. The van der Waals surface area contributed by atoms with E-state index in [1.807, 2.05) is 0 Å². The van der Waals surface area contributed by atoms with E-state index in [-0.39, 0.29) is 17.2 Å². The lowest BCUT2D eigenvalue weighted by Crippen LogP contribution is -2.26. The fraction of sp³-hybridized carbons (Fsp3) is 0.333. The molecule has 2 aromatic rings. The number of sulfonamides is 1. The number of methoxy groups -OCH3 is 1. The monoisotopic (exact) mass is 312 g/mol. The van der Waals surface area contributed by atoms with E-state index in [1.165, 1.54) is 19.6 Å². The Bertz CT molecular complexity index is 685. The van der Waals surface area contributed by atoms with Crippen LogP contribution in [-0.2, 0) is 23.0 Å². The third-order valence-corrected chi connectivity index (χ3v) is 4.30. The molecule has 114 valence electrons. The summed E-state index contributed by atoms with van der Waals surface area (Å²) >= 11 is 0. The molecule has 0 radical (unpaired) electrons. The maximum atomic E-state index is 12.3. The van der Waals surface area contributed by atoms with Crippen LogP contribution < -0.4 is 15.2 Å². The van der Waals surface area contributed by atoms with E-state index in [0.717, 1.165) is 5.56 Å². The lowest BCUT2D eigenvalue weighted by Gasteiger charge is -2.11. The highest BCUT2D eigenvalue weighted by Crippen LogP contribution is 2.24. The summed E-state index contributed by atoms with van der Waals surface area (Å²) in [7, 11) is -2.27. The zero-order chi connectivity index (χ0) is 15.3. The van der Waals surface area contributed by atoms with Crippen molar-refractivity contribution in [2.75, 3.05) is 13.7 Å². The topological polar surface area (TPSA) is 120 Å². The van der Waals surface area contributed by atoms with Gasteiger partial charge in [0.25, 0.3) is 0 Å². The van der Waals surface area contributed by atoms with Crippen LogP contribution in [0.5, 0.6) is 5.75 Å². The van der Waals surface area contributed by atoms with Crippen LogP contribution in [0.4, 0.5) is 0 Å². The fourth-order valence-corrected chi connectivity index (χ4v) is 2.92. The maximum absolute atomic E-state index is 12.3. The van der Waals surface area contributed by atoms with Gasteiger partial charge >= 0.3 is 0 Å².